The molecule has 0 bridgehead atoms. The molecule has 0 aliphatic rings. The van der Waals surface area contributed by atoms with Crippen LogP contribution in [0.1, 0.15) is 24.5 Å². The van der Waals surface area contributed by atoms with Gasteiger partial charge in [0.1, 0.15) is 5.78 Å². The molecular formula is C15H18O4. The van der Waals surface area contributed by atoms with Crippen LogP contribution in [0, 0.1) is 6.92 Å². The van der Waals surface area contributed by atoms with Crippen molar-refractivity contribution >= 4 is 17.8 Å². The van der Waals surface area contributed by atoms with Crippen LogP contribution in [0.25, 0.3) is 6.08 Å². The molecule has 0 unspecified atom stereocenters. The SMILES string of the molecule is COC(=O)[C@@](O)(/C=C/c1cccc(C)c1)CC(C)=O. The molecule has 0 saturated heterocycles. The fraction of sp³-hybridized carbons (Fsp3) is 0.333. The molecule has 0 heterocycles. The summed E-state index contributed by atoms with van der Waals surface area (Å²) in [4.78, 5) is 22.7. The minimum Gasteiger partial charge on any atom is -0.467 e. The number of aliphatic hydroxyl groups is 1. The third kappa shape index (κ3) is 4.34. The summed E-state index contributed by atoms with van der Waals surface area (Å²) in [7, 11) is 1.17. The van der Waals surface area contributed by atoms with Crippen molar-refractivity contribution in [3.8, 4) is 0 Å². The lowest BCUT2D eigenvalue weighted by atomic mass is 9.96. The molecule has 1 atom stereocenters. The van der Waals surface area contributed by atoms with Crippen LogP contribution >= 0.6 is 0 Å². The zero-order valence-electron chi connectivity index (χ0n) is 11.3. The average molecular weight is 262 g/mol. The number of hydrogen-bond acceptors (Lipinski definition) is 4. The molecule has 1 aromatic rings. The Morgan fingerprint density at radius 2 is 2.11 bits per heavy atom. The highest BCUT2D eigenvalue weighted by Gasteiger charge is 2.35. The Labute approximate surface area is 112 Å². The van der Waals surface area contributed by atoms with Gasteiger partial charge in [0.15, 0.2) is 5.60 Å². The quantitative estimate of drug-likeness (QED) is 0.823. The summed E-state index contributed by atoms with van der Waals surface area (Å²) in [6, 6.07) is 7.56. The molecule has 0 amide bonds. The van der Waals surface area contributed by atoms with Gasteiger partial charge >= 0.3 is 5.97 Å². The van der Waals surface area contributed by atoms with Gasteiger partial charge in [-0.2, -0.15) is 0 Å². The van der Waals surface area contributed by atoms with Crippen LogP contribution in [0.2, 0.25) is 0 Å². The summed E-state index contributed by atoms with van der Waals surface area (Å²) in [6.07, 6.45) is 2.60. The average Bonchev–Trinajstić information content (AvgIpc) is 2.34. The maximum atomic E-state index is 11.6. The number of Topliss-reactive ketones (excluding diaryl/α,β-unsaturated/α-hetero) is 1. The van der Waals surface area contributed by atoms with Gasteiger partial charge in [-0.15, -0.1) is 0 Å². The normalized spacial score (nSPS) is 14.1. The Balaban J connectivity index is 3.00. The van der Waals surface area contributed by atoms with Crippen LogP contribution in [0.15, 0.2) is 30.3 Å². The lowest BCUT2D eigenvalue weighted by Gasteiger charge is -2.20. The van der Waals surface area contributed by atoms with Crippen LogP contribution in [0.5, 0.6) is 0 Å². The molecule has 0 radical (unpaired) electrons. The molecule has 0 aliphatic heterocycles. The van der Waals surface area contributed by atoms with Crippen LogP contribution in [0.3, 0.4) is 0 Å². The van der Waals surface area contributed by atoms with Gasteiger partial charge in [-0.25, -0.2) is 4.79 Å². The Morgan fingerprint density at radius 3 is 2.63 bits per heavy atom. The molecule has 1 rings (SSSR count). The van der Waals surface area contributed by atoms with Crippen molar-refractivity contribution in [2.75, 3.05) is 7.11 Å². The molecular weight excluding hydrogens is 244 g/mol. The van der Waals surface area contributed by atoms with E-state index < -0.39 is 11.6 Å². The van der Waals surface area contributed by atoms with Gasteiger partial charge in [-0.05, 0) is 25.5 Å². The van der Waals surface area contributed by atoms with Crippen LogP contribution in [-0.2, 0) is 14.3 Å². The Bertz CT molecular complexity index is 505. The van der Waals surface area contributed by atoms with Gasteiger partial charge in [0, 0.05) is 6.42 Å². The van der Waals surface area contributed by atoms with E-state index in [-0.39, 0.29) is 12.2 Å². The fourth-order valence-corrected chi connectivity index (χ4v) is 1.76. The Kier molecular flexibility index (Phi) is 5.01. The zero-order chi connectivity index (χ0) is 14.5. The maximum absolute atomic E-state index is 11.6. The number of aryl methyl sites for hydroxylation is 1. The van der Waals surface area contributed by atoms with Gasteiger partial charge in [-0.1, -0.05) is 35.9 Å². The fourth-order valence-electron chi connectivity index (χ4n) is 1.76. The monoisotopic (exact) mass is 262 g/mol. The lowest BCUT2D eigenvalue weighted by molar-refractivity contribution is -0.159. The van der Waals surface area contributed by atoms with Crippen molar-refractivity contribution < 1.29 is 19.4 Å². The smallest absolute Gasteiger partial charge is 0.342 e. The molecule has 0 aromatic heterocycles. The summed E-state index contributed by atoms with van der Waals surface area (Å²) in [5.41, 5.74) is -0.00848. The number of benzene rings is 1. The van der Waals surface area contributed by atoms with Gasteiger partial charge < -0.3 is 9.84 Å². The summed E-state index contributed by atoms with van der Waals surface area (Å²) in [6.45, 7) is 3.26. The predicted octanol–water partition coefficient (Wildman–Crippen LogP) is 1.89. The highest BCUT2D eigenvalue weighted by molar-refractivity contribution is 5.90. The molecule has 0 aliphatic carbocycles. The molecule has 0 saturated carbocycles. The van der Waals surface area contributed by atoms with E-state index in [0.29, 0.717) is 0 Å². The summed E-state index contributed by atoms with van der Waals surface area (Å²) < 4.78 is 4.54. The molecule has 102 valence electrons. The number of methoxy groups -OCH3 is 1. The van der Waals surface area contributed by atoms with Crippen molar-refractivity contribution in [3.05, 3.63) is 41.5 Å². The number of rotatable bonds is 5. The van der Waals surface area contributed by atoms with Crippen LogP contribution in [0.4, 0.5) is 0 Å². The standard InChI is InChI=1S/C15H18O4/c1-11-5-4-6-13(9-11)7-8-15(18,10-12(2)16)14(17)19-3/h4-9,18H,10H2,1-3H3/b8-7+/t15-/m1/s1. The third-order valence-corrected chi connectivity index (χ3v) is 2.65. The first kappa shape index (κ1) is 15.1. The predicted molar refractivity (Wildman–Crippen MR) is 72.5 cm³/mol. The first-order valence-corrected chi connectivity index (χ1v) is 5.93. The zero-order valence-corrected chi connectivity index (χ0v) is 11.3. The number of esters is 1. The summed E-state index contributed by atoms with van der Waals surface area (Å²) >= 11 is 0. The minimum atomic E-state index is -1.91. The highest BCUT2D eigenvalue weighted by Crippen LogP contribution is 2.17. The summed E-state index contributed by atoms with van der Waals surface area (Å²) in [5.74, 6) is -1.13. The minimum absolute atomic E-state index is 0.290. The van der Waals surface area contributed by atoms with E-state index >= 15 is 0 Å². The van der Waals surface area contributed by atoms with E-state index in [1.807, 2.05) is 31.2 Å². The van der Waals surface area contributed by atoms with E-state index in [9.17, 15) is 14.7 Å². The van der Waals surface area contributed by atoms with Gasteiger partial charge in [0.2, 0.25) is 0 Å². The maximum Gasteiger partial charge on any atom is 0.342 e. The molecule has 0 spiro atoms. The van der Waals surface area contributed by atoms with E-state index in [1.54, 1.807) is 6.08 Å². The number of ether oxygens (including phenoxy) is 1. The third-order valence-electron chi connectivity index (χ3n) is 2.65. The molecule has 1 N–H and O–H groups in total. The Hall–Kier alpha value is -1.94. The van der Waals surface area contributed by atoms with Gasteiger partial charge in [-0.3, -0.25) is 4.79 Å². The largest absolute Gasteiger partial charge is 0.467 e. The molecule has 4 heteroatoms. The highest BCUT2D eigenvalue weighted by atomic mass is 16.5. The molecule has 0 fully saturated rings. The van der Waals surface area contributed by atoms with Crippen molar-refractivity contribution in [2.24, 2.45) is 0 Å². The van der Waals surface area contributed by atoms with Crippen molar-refractivity contribution in [3.63, 3.8) is 0 Å². The van der Waals surface area contributed by atoms with E-state index in [0.717, 1.165) is 11.1 Å². The number of ketones is 1. The molecule has 19 heavy (non-hydrogen) atoms. The number of carbonyl (C=O) groups excluding carboxylic acids is 2. The van der Waals surface area contributed by atoms with E-state index in [2.05, 4.69) is 4.74 Å². The van der Waals surface area contributed by atoms with Crippen LogP contribution in [-0.4, -0.2) is 29.6 Å². The van der Waals surface area contributed by atoms with Crippen molar-refractivity contribution in [1.82, 2.24) is 0 Å². The van der Waals surface area contributed by atoms with Crippen molar-refractivity contribution in [1.29, 1.82) is 0 Å². The van der Waals surface area contributed by atoms with E-state index in [4.69, 9.17) is 0 Å². The topological polar surface area (TPSA) is 63.6 Å². The van der Waals surface area contributed by atoms with E-state index in [1.165, 1.54) is 20.1 Å². The van der Waals surface area contributed by atoms with Crippen LogP contribution < -0.4 is 0 Å². The summed E-state index contributed by atoms with van der Waals surface area (Å²) in [5, 5.41) is 10.2. The number of hydrogen-bond donors (Lipinski definition) is 1. The van der Waals surface area contributed by atoms with Crippen molar-refractivity contribution in [2.45, 2.75) is 25.9 Å². The lowest BCUT2D eigenvalue weighted by Crippen LogP contribution is -2.39. The molecule has 1 aromatic carbocycles. The molecule has 4 nitrogen and oxygen atoms in total. The first-order chi connectivity index (χ1) is 8.87. The Morgan fingerprint density at radius 1 is 1.42 bits per heavy atom. The van der Waals surface area contributed by atoms with Gasteiger partial charge in [0.25, 0.3) is 0 Å². The second kappa shape index (κ2) is 6.29. The second-order valence-corrected chi connectivity index (χ2v) is 4.54. The first-order valence-electron chi connectivity index (χ1n) is 5.93. The second-order valence-electron chi connectivity index (χ2n) is 4.54. The number of carbonyl (C=O) groups is 2. The van der Waals surface area contributed by atoms with Gasteiger partial charge in [0.05, 0.1) is 7.11 Å².